The van der Waals surface area contributed by atoms with Crippen LogP contribution in [-0.4, -0.2) is 19.1 Å². The fourth-order valence-electron chi connectivity index (χ4n) is 2.32. The van der Waals surface area contributed by atoms with E-state index in [2.05, 4.69) is 22.0 Å². The highest BCUT2D eigenvalue weighted by Gasteiger charge is 2.11. The Morgan fingerprint density at radius 3 is 2.33 bits per heavy atom. The minimum atomic E-state index is 0.622. The summed E-state index contributed by atoms with van der Waals surface area (Å²) in [4.78, 5) is 6.30. The Balaban J connectivity index is 2.15. The average Bonchev–Trinajstić information content (AvgIpc) is 3.01. The average molecular weight is 279 g/mol. The van der Waals surface area contributed by atoms with E-state index >= 15 is 0 Å². The van der Waals surface area contributed by atoms with Crippen molar-refractivity contribution < 1.29 is 4.42 Å². The summed E-state index contributed by atoms with van der Waals surface area (Å²) >= 11 is 0. The molecule has 1 heterocycles. The van der Waals surface area contributed by atoms with Crippen LogP contribution in [-0.2, 0) is 0 Å². The highest BCUT2D eigenvalue weighted by molar-refractivity contribution is 5.82. The molecule has 1 aromatic heterocycles. The maximum Gasteiger partial charge on any atom is 0.225 e. The van der Waals surface area contributed by atoms with Gasteiger partial charge in [-0.15, -0.1) is 0 Å². The van der Waals surface area contributed by atoms with Crippen molar-refractivity contribution in [3.63, 3.8) is 0 Å². The van der Waals surface area contributed by atoms with Gasteiger partial charge in [0.1, 0.15) is 6.26 Å². The maximum absolute atomic E-state index is 5.77. The molecular formula is C17H17N3O. The van der Waals surface area contributed by atoms with Crippen molar-refractivity contribution in [3.05, 3.63) is 54.9 Å². The molecule has 0 aliphatic carbocycles. The van der Waals surface area contributed by atoms with Gasteiger partial charge in [-0.1, -0.05) is 12.1 Å². The van der Waals surface area contributed by atoms with Gasteiger partial charge in [-0.25, -0.2) is 4.98 Å². The number of rotatable bonds is 3. The standard InChI is InChI=1S/C17H17N3O/c1-20(2)16-8-5-13(17-19-9-10-21-17)11-15(16)12-3-6-14(18)7-4-12/h3-11H,18H2,1-2H3. The molecule has 4 heteroatoms. The minimum absolute atomic E-state index is 0.622. The number of benzene rings is 2. The molecule has 0 aliphatic heterocycles. The van der Waals surface area contributed by atoms with E-state index in [1.54, 1.807) is 12.5 Å². The topological polar surface area (TPSA) is 55.3 Å². The largest absolute Gasteiger partial charge is 0.445 e. The molecule has 0 aliphatic rings. The Kier molecular flexibility index (Phi) is 3.36. The normalized spacial score (nSPS) is 10.6. The second kappa shape index (κ2) is 5.32. The van der Waals surface area contributed by atoms with E-state index in [1.807, 2.05) is 44.4 Å². The van der Waals surface area contributed by atoms with Gasteiger partial charge in [0.25, 0.3) is 0 Å². The van der Waals surface area contributed by atoms with Crippen LogP contribution in [0.15, 0.2) is 59.3 Å². The van der Waals surface area contributed by atoms with Gasteiger partial charge >= 0.3 is 0 Å². The van der Waals surface area contributed by atoms with Crippen LogP contribution in [0.2, 0.25) is 0 Å². The summed E-state index contributed by atoms with van der Waals surface area (Å²) in [5, 5.41) is 0. The zero-order chi connectivity index (χ0) is 14.8. The number of anilines is 2. The van der Waals surface area contributed by atoms with Gasteiger partial charge in [-0.05, 0) is 35.9 Å². The van der Waals surface area contributed by atoms with E-state index in [-0.39, 0.29) is 0 Å². The minimum Gasteiger partial charge on any atom is -0.445 e. The van der Waals surface area contributed by atoms with Crippen molar-refractivity contribution in [2.24, 2.45) is 0 Å². The molecule has 0 radical (unpaired) electrons. The van der Waals surface area contributed by atoms with Gasteiger partial charge in [0.2, 0.25) is 5.89 Å². The van der Waals surface area contributed by atoms with E-state index in [4.69, 9.17) is 10.2 Å². The lowest BCUT2D eigenvalue weighted by atomic mass is 10.00. The molecule has 3 rings (SSSR count). The summed E-state index contributed by atoms with van der Waals surface area (Å²) in [6.07, 6.45) is 3.23. The molecule has 0 fully saturated rings. The van der Waals surface area contributed by atoms with Gasteiger partial charge in [-0.2, -0.15) is 0 Å². The number of nitrogens with zero attached hydrogens (tertiary/aromatic N) is 2. The van der Waals surface area contributed by atoms with Crippen molar-refractivity contribution in [2.45, 2.75) is 0 Å². The predicted molar refractivity (Wildman–Crippen MR) is 86.1 cm³/mol. The van der Waals surface area contributed by atoms with Gasteiger partial charge < -0.3 is 15.1 Å². The van der Waals surface area contributed by atoms with Crippen LogP contribution >= 0.6 is 0 Å². The van der Waals surface area contributed by atoms with E-state index in [0.29, 0.717) is 5.89 Å². The molecule has 3 aromatic rings. The predicted octanol–water partition coefficient (Wildman–Crippen LogP) is 3.66. The number of nitrogen functional groups attached to an aromatic ring is 1. The molecule has 106 valence electrons. The molecule has 2 N–H and O–H groups in total. The van der Waals surface area contributed by atoms with Crippen LogP contribution in [0, 0.1) is 0 Å². The van der Waals surface area contributed by atoms with Gasteiger partial charge in [-0.3, -0.25) is 0 Å². The summed E-state index contributed by atoms with van der Waals surface area (Å²) in [6, 6.07) is 14.0. The number of hydrogen-bond donors (Lipinski definition) is 1. The fourth-order valence-corrected chi connectivity index (χ4v) is 2.32. The van der Waals surface area contributed by atoms with E-state index in [0.717, 1.165) is 28.1 Å². The molecular weight excluding hydrogens is 262 g/mol. The van der Waals surface area contributed by atoms with E-state index in [9.17, 15) is 0 Å². The first-order valence-corrected chi connectivity index (χ1v) is 6.72. The monoisotopic (exact) mass is 279 g/mol. The second-order valence-corrected chi connectivity index (χ2v) is 5.09. The number of hydrogen-bond acceptors (Lipinski definition) is 4. The van der Waals surface area contributed by atoms with Crippen molar-refractivity contribution in [3.8, 4) is 22.6 Å². The molecule has 2 aromatic carbocycles. The molecule has 0 saturated heterocycles. The first kappa shape index (κ1) is 13.2. The molecule has 0 amide bonds. The number of aromatic nitrogens is 1. The van der Waals surface area contributed by atoms with Crippen LogP contribution in [0.5, 0.6) is 0 Å². The fraction of sp³-hybridized carbons (Fsp3) is 0.118. The molecule has 21 heavy (non-hydrogen) atoms. The van der Waals surface area contributed by atoms with Crippen LogP contribution in [0.3, 0.4) is 0 Å². The zero-order valence-electron chi connectivity index (χ0n) is 12.1. The molecule has 0 saturated carbocycles. The molecule has 0 atom stereocenters. The SMILES string of the molecule is CN(C)c1ccc(-c2ncco2)cc1-c1ccc(N)cc1. The maximum atomic E-state index is 5.77. The molecule has 4 nitrogen and oxygen atoms in total. The number of nitrogens with two attached hydrogens (primary N) is 1. The third-order valence-corrected chi connectivity index (χ3v) is 3.38. The molecule has 0 bridgehead atoms. The van der Waals surface area contributed by atoms with Crippen LogP contribution in [0.25, 0.3) is 22.6 Å². The lowest BCUT2D eigenvalue weighted by Crippen LogP contribution is -2.10. The van der Waals surface area contributed by atoms with Gasteiger partial charge in [0, 0.05) is 36.6 Å². The van der Waals surface area contributed by atoms with Crippen molar-refractivity contribution in [1.82, 2.24) is 4.98 Å². The Bertz CT molecular complexity index is 731. The van der Waals surface area contributed by atoms with E-state index in [1.165, 1.54) is 0 Å². The lowest BCUT2D eigenvalue weighted by Gasteiger charge is -2.18. The quantitative estimate of drug-likeness (QED) is 0.743. The smallest absolute Gasteiger partial charge is 0.225 e. The van der Waals surface area contributed by atoms with Crippen molar-refractivity contribution >= 4 is 11.4 Å². The molecule has 0 spiro atoms. The van der Waals surface area contributed by atoms with Gasteiger partial charge in [0.15, 0.2) is 0 Å². The highest BCUT2D eigenvalue weighted by atomic mass is 16.3. The summed E-state index contributed by atoms with van der Waals surface area (Å²) in [6.45, 7) is 0. The Hall–Kier alpha value is -2.75. The summed E-state index contributed by atoms with van der Waals surface area (Å²) < 4.78 is 5.39. The highest BCUT2D eigenvalue weighted by Crippen LogP contribution is 2.34. The van der Waals surface area contributed by atoms with Crippen LogP contribution in [0.1, 0.15) is 0 Å². The first-order valence-electron chi connectivity index (χ1n) is 6.72. The Labute approximate surface area is 123 Å². The second-order valence-electron chi connectivity index (χ2n) is 5.09. The van der Waals surface area contributed by atoms with Crippen molar-refractivity contribution in [2.75, 3.05) is 24.7 Å². The summed E-state index contributed by atoms with van der Waals surface area (Å²) in [5.74, 6) is 0.622. The number of oxazole rings is 1. The molecule has 0 unspecified atom stereocenters. The van der Waals surface area contributed by atoms with E-state index < -0.39 is 0 Å². The zero-order valence-corrected chi connectivity index (χ0v) is 12.1. The Morgan fingerprint density at radius 1 is 1.00 bits per heavy atom. The van der Waals surface area contributed by atoms with Gasteiger partial charge in [0.05, 0.1) is 6.20 Å². The third-order valence-electron chi connectivity index (χ3n) is 3.38. The van der Waals surface area contributed by atoms with Crippen LogP contribution < -0.4 is 10.6 Å². The first-order chi connectivity index (χ1) is 10.1. The summed E-state index contributed by atoms with van der Waals surface area (Å²) in [7, 11) is 4.06. The summed E-state index contributed by atoms with van der Waals surface area (Å²) in [5.41, 5.74) is 10.9. The Morgan fingerprint density at radius 2 is 1.71 bits per heavy atom. The lowest BCUT2D eigenvalue weighted by molar-refractivity contribution is 0.574. The van der Waals surface area contributed by atoms with Crippen molar-refractivity contribution in [1.29, 1.82) is 0 Å². The third kappa shape index (κ3) is 2.60. The van der Waals surface area contributed by atoms with Crippen LogP contribution in [0.4, 0.5) is 11.4 Å².